The van der Waals surface area contributed by atoms with Crippen LogP contribution in [0.1, 0.15) is 56.6 Å². The highest BCUT2D eigenvalue weighted by atomic mass is 16.4. The lowest BCUT2D eigenvalue weighted by atomic mass is 9.68. The first-order valence-corrected chi connectivity index (χ1v) is 10.2. The zero-order chi connectivity index (χ0) is 19.4. The molecule has 0 spiro atoms. The minimum atomic E-state index is -0.796. The predicted molar refractivity (Wildman–Crippen MR) is 106 cm³/mol. The van der Waals surface area contributed by atoms with Gasteiger partial charge in [0, 0.05) is 31.7 Å². The van der Waals surface area contributed by atoms with Crippen molar-refractivity contribution in [3.8, 4) is 6.07 Å². The van der Waals surface area contributed by atoms with Gasteiger partial charge in [-0.15, -0.1) is 0 Å². The molecular formula is C22H31N3O2. The molecule has 1 aliphatic carbocycles. The van der Waals surface area contributed by atoms with Crippen molar-refractivity contribution in [2.45, 2.75) is 69.9 Å². The summed E-state index contributed by atoms with van der Waals surface area (Å²) < 4.78 is 0. The molecule has 1 N–H and O–H groups in total. The Kier molecular flexibility index (Phi) is 6.06. The molecule has 1 amide bonds. The number of aryl methyl sites for hydroxylation is 1. The van der Waals surface area contributed by atoms with E-state index < -0.39 is 6.09 Å². The number of nitriles is 1. The lowest BCUT2D eigenvalue weighted by Crippen LogP contribution is -2.47. The normalized spacial score (nSPS) is 29.7. The second-order valence-electron chi connectivity index (χ2n) is 8.18. The summed E-state index contributed by atoms with van der Waals surface area (Å²) in [5.74, 6) is 0. The Morgan fingerprint density at radius 2 is 2.07 bits per heavy atom. The Balaban J connectivity index is 1.69. The van der Waals surface area contributed by atoms with Crippen molar-refractivity contribution < 1.29 is 9.90 Å². The number of hydrogen-bond acceptors (Lipinski definition) is 3. The van der Waals surface area contributed by atoms with Crippen LogP contribution in [0.2, 0.25) is 0 Å². The van der Waals surface area contributed by atoms with Crippen LogP contribution in [0.3, 0.4) is 0 Å². The van der Waals surface area contributed by atoms with Crippen molar-refractivity contribution in [3.63, 3.8) is 0 Å². The van der Waals surface area contributed by atoms with Crippen molar-refractivity contribution in [1.82, 2.24) is 9.80 Å². The number of carbonyl (C=O) groups is 1. The van der Waals surface area contributed by atoms with Crippen LogP contribution in [0.4, 0.5) is 4.79 Å². The fraction of sp³-hybridized carbons (Fsp3) is 0.636. The Labute approximate surface area is 162 Å². The molecule has 5 nitrogen and oxygen atoms in total. The highest BCUT2D eigenvalue weighted by Crippen LogP contribution is 2.41. The summed E-state index contributed by atoms with van der Waals surface area (Å²) in [5, 5.41) is 19.4. The van der Waals surface area contributed by atoms with E-state index in [1.54, 1.807) is 4.90 Å². The Morgan fingerprint density at radius 3 is 2.67 bits per heavy atom. The lowest BCUT2D eigenvalue weighted by Gasteiger charge is -2.41. The highest BCUT2D eigenvalue weighted by molar-refractivity contribution is 5.65. The summed E-state index contributed by atoms with van der Waals surface area (Å²) in [6.45, 7) is 6.55. The quantitative estimate of drug-likeness (QED) is 0.868. The first-order chi connectivity index (χ1) is 13.0. The predicted octanol–water partition coefficient (Wildman–Crippen LogP) is 4.16. The van der Waals surface area contributed by atoms with Gasteiger partial charge in [0.1, 0.15) is 0 Å². The average molecular weight is 370 g/mol. The summed E-state index contributed by atoms with van der Waals surface area (Å²) >= 11 is 0. The van der Waals surface area contributed by atoms with Gasteiger partial charge in [0.15, 0.2) is 0 Å². The Morgan fingerprint density at radius 1 is 1.33 bits per heavy atom. The lowest BCUT2D eigenvalue weighted by molar-refractivity contribution is 0.101. The first kappa shape index (κ1) is 19.7. The van der Waals surface area contributed by atoms with Gasteiger partial charge in [-0.05, 0) is 51.0 Å². The Hall–Kier alpha value is -2.06. The van der Waals surface area contributed by atoms with Gasteiger partial charge in [0.05, 0.1) is 11.5 Å². The zero-order valence-electron chi connectivity index (χ0n) is 16.5. The maximum Gasteiger partial charge on any atom is 0.407 e. The number of benzene rings is 1. The number of amides is 1. The minimum absolute atomic E-state index is 0.0735. The second kappa shape index (κ2) is 8.31. The standard InChI is InChI=1S/C22H31N3O2/c1-3-19-15-24(12-5-13-25(19)21(26)27)20-8-10-22(16-23,11-9-20)18-7-4-6-17(2)14-18/h4,6-7,14,19-20H,3,5,8-13,15H2,1-2H3,(H,26,27). The average Bonchev–Trinajstić information content (AvgIpc) is 2.90. The maximum absolute atomic E-state index is 11.5. The van der Waals surface area contributed by atoms with E-state index in [1.807, 2.05) is 0 Å². The van der Waals surface area contributed by atoms with E-state index in [2.05, 4.69) is 49.1 Å². The van der Waals surface area contributed by atoms with E-state index >= 15 is 0 Å². The van der Waals surface area contributed by atoms with Crippen LogP contribution in [0, 0.1) is 18.3 Å². The third-order valence-electron chi connectivity index (χ3n) is 6.56. The highest BCUT2D eigenvalue weighted by Gasteiger charge is 2.40. The van der Waals surface area contributed by atoms with Crippen LogP contribution in [-0.4, -0.2) is 52.7 Å². The first-order valence-electron chi connectivity index (χ1n) is 10.2. The molecule has 1 aliphatic heterocycles. The maximum atomic E-state index is 11.5. The molecule has 2 aliphatic rings. The summed E-state index contributed by atoms with van der Waals surface area (Å²) in [7, 11) is 0. The van der Waals surface area contributed by atoms with Crippen molar-refractivity contribution in [3.05, 3.63) is 35.4 Å². The fourth-order valence-electron chi connectivity index (χ4n) is 4.89. The SMILES string of the molecule is CCC1CN(C2CCC(C#N)(c3cccc(C)c3)CC2)CCCN1C(=O)O. The third kappa shape index (κ3) is 4.11. The number of hydrogen-bond donors (Lipinski definition) is 1. The molecule has 1 heterocycles. The van der Waals surface area contributed by atoms with E-state index in [-0.39, 0.29) is 11.5 Å². The van der Waals surface area contributed by atoms with Crippen molar-refractivity contribution >= 4 is 6.09 Å². The topological polar surface area (TPSA) is 67.6 Å². The van der Waals surface area contributed by atoms with Crippen molar-refractivity contribution in [2.24, 2.45) is 0 Å². The third-order valence-corrected chi connectivity index (χ3v) is 6.56. The van der Waals surface area contributed by atoms with E-state index in [0.29, 0.717) is 12.6 Å². The molecule has 27 heavy (non-hydrogen) atoms. The van der Waals surface area contributed by atoms with Gasteiger partial charge in [0.25, 0.3) is 0 Å². The fourth-order valence-corrected chi connectivity index (χ4v) is 4.89. The molecule has 146 valence electrons. The molecule has 1 atom stereocenters. The van der Waals surface area contributed by atoms with E-state index in [9.17, 15) is 15.2 Å². The van der Waals surface area contributed by atoms with E-state index in [4.69, 9.17) is 0 Å². The van der Waals surface area contributed by atoms with Crippen LogP contribution < -0.4 is 0 Å². The minimum Gasteiger partial charge on any atom is -0.465 e. The molecule has 0 aromatic heterocycles. The largest absolute Gasteiger partial charge is 0.465 e. The number of nitrogens with zero attached hydrogens (tertiary/aromatic N) is 3. The number of rotatable bonds is 3. The molecule has 1 aromatic carbocycles. The van der Waals surface area contributed by atoms with E-state index in [1.165, 1.54) is 5.56 Å². The van der Waals surface area contributed by atoms with Crippen LogP contribution in [0.15, 0.2) is 24.3 Å². The summed E-state index contributed by atoms with van der Waals surface area (Å²) in [4.78, 5) is 15.7. The molecule has 2 fully saturated rings. The van der Waals surface area contributed by atoms with Crippen molar-refractivity contribution in [2.75, 3.05) is 19.6 Å². The number of carboxylic acid groups (broad SMARTS) is 1. The molecular weight excluding hydrogens is 338 g/mol. The molecule has 1 saturated carbocycles. The zero-order valence-corrected chi connectivity index (χ0v) is 16.5. The molecule has 0 bridgehead atoms. The summed E-state index contributed by atoms with van der Waals surface area (Å²) in [5.41, 5.74) is 1.99. The van der Waals surface area contributed by atoms with Gasteiger partial charge < -0.3 is 10.0 Å². The molecule has 1 unspecified atom stereocenters. The molecule has 3 rings (SSSR count). The van der Waals surface area contributed by atoms with Gasteiger partial charge in [-0.2, -0.15) is 5.26 Å². The van der Waals surface area contributed by atoms with Crippen LogP contribution in [-0.2, 0) is 5.41 Å². The molecule has 5 heteroatoms. The molecule has 1 saturated heterocycles. The summed E-state index contributed by atoms with van der Waals surface area (Å²) in [6, 6.07) is 11.6. The van der Waals surface area contributed by atoms with Crippen LogP contribution in [0.25, 0.3) is 0 Å². The molecule has 1 aromatic rings. The van der Waals surface area contributed by atoms with Gasteiger partial charge in [0.2, 0.25) is 0 Å². The monoisotopic (exact) mass is 369 g/mol. The molecule has 0 radical (unpaired) electrons. The van der Waals surface area contributed by atoms with Gasteiger partial charge in [-0.25, -0.2) is 4.79 Å². The Bertz CT molecular complexity index is 704. The van der Waals surface area contributed by atoms with Crippen molar-refractivity contribution in [1.29, 1.82) is 5.26 Å². The smallest absolute Gasteiger partial charge is 0.407 e. The van der Waals surface area contributed by atoms with Gasteiger partial charge >= 0.3 is 6.09 Å². The van der Waals surface area contributed by atoms with Gasteiger partial charge in [-0.1, -0.05) is 36.8 Å². The summed E-state index contributed by atoms with van der Waals surface area (Å²) in [6.07, 6.45) is 4.72. The van der Waals surface area contributed by atoms with Crippen LogP contribution in [0.5, 0.6) is 0 Å². The van der Waals surface area contributed by atoms with E-state index in [0.717, 1.165) is 57.2 Å². The van der Waals surface area contributed by atoms with Gasteiger partial charge in [-0.3, -0.25) is 4.90 Å². The second-order valence-corrected chi connectivity index (χ2v) is 8.18. The van der Waals surface area contributed by atoms with Crippen LogP contribution >= 0.6 is 0 Å².